The van der Waals surface area contributed by atoms with Crippen LogP contribution in [0.1, 0.15) is 25.9 Å². The standard InChI is InChI=1S/C13H11ClFNOS/c1-7-13(18-8(2)16-7)12(17)6-9-3-4-10(14)11(15)5-9/h3-5H,6H2,1-2H3. The molecule has 0 saturated carbocycles. The third-order valence-corrected chi connectivity index (χ3v) is 3.93. The molecule has 1 heterocycles. The molecule has 94 valence electrons. The Labute approximate surface area is 113 Å². The highest BCUT2D eigenvalue weighted by atomic mass is 35.5. The molecular formula is C13H11ClFNOS. The van der Waals surface area contributed by atoms with E-state index in [1.807, 2.05) is 6.92 Å². The summed E-state index contributed by atoms with van der Waals surface area (Å²) in [6, 6.07) is 4.42. The van der Waals surface area contributed by atoms with Gasteiger partial charge in [0, 0.05) is 6.42 Å². The molecule has 1 aromatic heterocycles. The zero-order valence-corrected chi connectivity index (χ0v) is 11.5. The fraction of sp³-hybridized carbons (Fsp3) is 0.231. The van der Waals surface area contributed by atoms with Crippen molar-refractivity contribution in [3.8, 4) is 0 Å². The molecule has 2 rings (SSSR count). The van der Waals surface area contributed by atoms with Crippen LogP contribution in [0.15, 0.2) is 18.2 Å². The molecule has 0 spiro atoms. The van der Waals surface area contributed by atoms with Gasteiger partial charge in [-0.15, -0.1) is 11.3 Å². The van der Waals surface area contributed by atoms with E-state index in [1.54, 1.807) is 13.0 Å². The second kappa shape index (κ2) is 5.16. The third kappa shape index (κ3) is 2.76. The maximum Gasteiger partial charge on any atom is 0.179 e. The van der Waals surface area contributed by atoms with E-state index < -0.39 is 5.82 Å². The van der Waals surface area contributed by atoms with Crippen LogP contribution in [0.3, 0.4) is 0 Å². The van der Waals surface area contributed by atoms with Crippen LogP contribution in [0.4, 0.5) is 4.39 Å². The molecule has 18 heavy (non-hydrogen) atoms. The summed E-state index contributed by atoms with van der Waals surface area (Å²) in [6.07, 6.45) is 0.163. The van der Waals surface area contributed by atoms with Crippen LogP contribution >= 0.6 is 22.9 Å². The Balaban J connectivity index is 2.21. The molecule has 0 saturated heterocycles. The smallest absolute Gasteiger partial charge is 0.179 e. The van der Waals surface area contributed by atoms with Gasteiger partial charge >= 0.3 is 0 Å². The number of carbonyl (C=O) groups excluding carboxylic acids is 1. The third-order valence-electron chi connectivity index (χ3n) is 2.51. The predicted octanol–water partition coefficient (Wildman–Crippen LogP) is 3.98. The lowest BCUT2D eigenvalue weighted by Crippen LogP contribution is -2.03. The molecule has 0 N–H and O–H groups in total. The average Bonchev–Trinajstić information content (AvgIpc) is 2.63. The maximum atomic E-state index is 13.3. The average molecular weight is 284 g/mol. The molecule has 0 aliphatic carbocycles. The van der Waals surface area contributed by atoms with E-state index >= 15 is 0 Å². The fourth-order valence-electron chi connectivity index (χ4n) is 1.71. The van der Waals surface area contributed by atoms with Crippen molar-refractivity contribution in [2.45, 2.75) is 20.3 Å². The number of nitrogens with zero attached hydrogens (tertiary/aromatic N) is 1. The van der Waals surface area contributed by atoms with Crippen molar-refractivity contribution >= 4 is 28.7 Å². The van der Waals surface area contributed by atoms with Crippen LogP contribution in [0, 0.1) is 19.7 Å². The summed E-state index contributed by atoms with van der Waals surface area (Å²) in [5.41, 5.74) is 1.35. The monoisotopic (exact) mass is 283 g/mol. The summed E-state index contributed by atoms with van der Waals surface area (Å²) in [5.74, 6) is -0.543. The van der Waals surface area contributed by atoms with Crippen molar-refractivity contribution in [1.29, 1.82) is 0 Å². The van der Waals surface area contributed by atoms with E-state index in [9.17, 15) is 9.18 Å². The first kappa shape index (κ1) is 13.2. The van der Waals surface area contributed by atoms with E-state index in [-0.39, 0.29) is 17.2 Å². The summed E-state index contributed by atoms with van der Waals surface area (Å²) in [5, 5.41) is 0.925. The number of thiazole rings is 1. The van der Waals surface area contributed by atoms with Crippen molar-refractivity contribution < 1.29 is 9.18 Å². The van der Waals surface area contributed by atoms with Crippen LogP contribution in [0.25, 0.3) is 0 Å². The Hall–Kier alpha value is -1.26. The number of halogens is 2. The summed E-state index contributed by atoms with van der Waals surface area (Å²) >= 11 is 6.96. The maximum absolute atomic E-state index is 13.3. The number of rotatable bonds is 3. The van der Waals surface area contributed by atoms with Gasteiger partial charge in [-0.25, -0.2) is 9.37 Å². The highest BCUT2D eigenvalue weighted by Gasteiger charge is 2.14. The largest absolute Gasteiger partial charge is 0.293 e. The number of carbonyl (C=O) groups is 1. The molecule has 0 aliphatic heterocycles. The van der Waals surface area contributed by atoms with Gasteiger partial charge in [0.1, 0.15) is 5.82 Å². The van der Waals surface area contributed by atoms with E-state index in [1.165, 1.54) is 23.5 Å². The second-order valence-corrected chi connectivity index (χ2v) is 5.61. The highest BCUT2D eigenvalue weighted by Crippen LogP contribution is 2.21. The van der Waals surface area contributed by atoms with Crippen LogP contribution in [-0.4, -0.2) is 10.8 Å². The molecule has 0 aliphatic rings. The second-order valence-electron chi connectivity index (χ2n) is 4.00. The van der Waals surface area contributed by atoms with E-state index in [2.05, 4.69) is 4.98 Å². The first-order valence-corrected chi connectivity index (χ1v) is 6.58. The number of aromatic nitrogens is 1. The van der Waals surface area contributed by atoms with Crippen molar-refractivity contribution in [2.75, 3.05) is 0 Å². The minimum absolute atomic E-state index is 0.0418. The summed E-state index contributed by atoms with van der Waals surface area (Å²) in [7, 11) is 0. The lowest BCUT2D eigenvalue weighted by molar-refractivity contribution is 0.0996. The van der Waals surface area contributed by atoms with E-state index in [0.29, 0.717) is 10.4 Å². The van der Waals surface area contributed by atoms with Gasteiger partial charge in [-0.05, 0) is 31.5 Å². The van der Waals surface area contributed by atoms with Gasteiger partial charge in [-0.3, -0.25) is 4.79 Å². The fourth-order valence-corrected chi connectivity index (χ4v) is 2.68. The van der Waals surface area contributed by atoms with Crippen LogP contribution in [0.5, 0.6) is 0 Å². The van der Waals surface area contributed by atoms with E-state index in [4.69, 9.17) is 11.6 Å². The van der Waals surface area contributed by atoms with Gasteiger partial charge in [-0.2, -0.15) is 0 Å². The summed E-state index contributed by atoms with van der Waals surface area (Å²) in [6.45, 7) is 3.66. The SMILES string of the molecule is Cc1nc(C)c(C(=O)Cc2ccc(Cl)c(F)c2)s1. The van der Waals surface area contributed by atoms with Crippen LogP contribution in [-0.2, 0) is 6.42 Å². The highest BCUT2D eigenvalue weighted by molar-refractivity contribution is 7.13. The van der Waals surface area contributed by atoms with Crippen LogP contribution in [0.2, 0.25) is 5.02 Å². The number of hydrogen-bond donors (Lipinski definition) is 0. The summed E-state index contributed by atoms with van der Waals surface area (Å²) < 4.78 is 13.3. The Morgan fingerprint density at radius 2 is 2.17 bits per heavy atom. The van der Waals surface area contributed by atoms with Crippen molar-refractivity contribution in [1.82, 2.24) is 4.98 Å². The van der Waals surface area contributed by atoms with Crippen molar-refractivity contribution in [2.24, 2.45) is 0 Å². The minimum Gasteiger partial charge on any atom is -0.293 e. The predicted molar refractivity (Wildman–Crippen MR) is 71.0 cm³/mol. The lowest BCUT2D eigenvalue weighted by atomic mass is 10.1. The van der Waals surface area contributed by atoms with E-state index in [0.717, 1.165) is 10.7 Å². The number of hydrogen-bond acceptors (Lipinski definition) is 3. The molecule has 0 unspecified atom stereocenters. The molecule has 2 aromatic rings. The van der Waals surface area contributed by atoms with Gasteiger partial charge in [0.2, 0.25) is 0 Å². The molecule has 0 fully saturated rings. The van der Waals surface area contributed by atoms with Gasteiger partial charge in [-0.1, -0.05) is 17.7 Å². The topological polar surface area (TPSA) is 30.0 Å². The normalized spacial score (nSPS) is 10.7. The number of aryl methyl sites for hydroxylation is 2. The van der Waals surface area contributed by atoms with Gasteiger partial charge in [0.05, 0.1) is 20.6 Å². The molecule has 0 amide bonds. The minimum atomic E-state index is -0.501. The zero-order valence-electron chi connectivity index (χ0n) is 9.96. The first-order valence-electron chi connectivity index (χ1n) is 5.38. The zero-order chi connectivity index (χ0) is 13.3. The first-order chi connectivity index (χ1) is 8.47. The van der Waals surface area contributed by atoms with Crippen molar-refractivity contribution in [3.63, 3.8) is 0 Å². The Kier molecular flexibility index (Phi) is 3.78. The number of Topliss-reactive ketones (excluding diaryl/α,β-unsaturated/α-hetero) is 1. The Morgan fingerprint density at radius 3 is 2.72 bits per heavy atom. The van der Waals surface area contributed by atoms with Gasteiger partial charge in [0.15, 0.2) is 5.78 Å². The Morgan fingerprint density at radius 1 is 1.44 bits per heavy atom. The summed E-state index contributed by atoms with van der Waals surface area (Å²) in [4.78, 5) is 16.9. The van der Waals surface area contributed by atoms with Gasteiger partial charge in [0.25, 0.3) is 0 Å². The molecule has 2 nitrogen and oxygen atoms in total. The number of ketones is 1. The molecule has 0 atom stereocenters. The van der Waals surface area contributed by atoms with Gasteiger partial charge < -0.3 is 0 Å². The lowest BCUT2D eigenvalue weighted by Gasteiger charge is -2.01. The molecule has 0 bridgehead atoms. The molecule has 1 aromatic carbocycles. The quantitative estimate of drug-likeness (QED) is 0.798. The molecule has 5 heteroatoms. The van der Waals surface area contributed by atoms with Crippen molar-refractivity contribution in [3.05, 3.63) is 50.2 Å². The number of benzene rings is 1. The molecular weight excluding hydrogens is 273 g/mol. The van der Waals surface area contributed by atoms with Crippen LogP contribution < -0.4 is 0 Å². The molecule has 0 radical (unpaired) electrons. The Bertz CT molecular complexity index is 609.